The van der Waals surface area contributed by atoms with Crippen LogP contribution in [0.1, 0.15) is 49.9 Å². The number of halogens is 1. The molecule has 0 saturated heterocycles. The number of nitrogens with one attached hydrogen (secondary N) is 1. The number of carbonyl (C=O) groups excluding carboxylic acids is 2. The third-order valence-electron chi connectivity index (χ3n) is 3.89. The van der Waals surface area contributed by atoms with Crippen molar-refractivity contribution in [1.82, 2.24) is 4.90 Å². The van der Waals surface area contributed by atoms with Crippen LogP contribution >= 0.6 is 0 Å². The molecule has 4 nitrogen and oxygen atoms in total. The summed E-state index contributed by atoms with van der Waals surface area (Å²) in [6.07, 6.45) is 4.35. The molecule has 1 aliphatic rings. The van der Waals surface area contributed by atoms with Crippen molar-refractivity contribution in [2.75, 3.05) is 11.9 Å². The molecule has 1 N–H and O–H groups in total. The van der Waals surface area contributed by atoms with E-state index in [4.69, 9.17) is 0 Å². The van der Waals surface area contributed by atoms with Gasteiger partial charge in [0, 0.05) is 25.1 Å². The average Bonchev–Trinajstić information content (AvgIpc) is 2.95. The monoisotopic (exact) mass is 292 g/mol. The van der Waals surface area contributed by atoms with E-state index >= 15 is 0 Å². The summed E-state index contributed by atoms with van der Waals surface area (Å²) in [5, 5.41) is 2.41. The third-order valence-corrected chi connectivity index (χ3v) is 3.89. The van der Waals surface area contributed by atoms with Crippen molar-refractivity contribution in [3.05, 3.63) is 29.6 Å². The average molecular weight is 292 g/mol. The molecular formula is C16H21FN2O2. The first-order chi connectivity index (χ1) is 10.0. The van der Waals surface area contributed by atoms with Crippen LogP contribution in [0.2, 0.25) is 0 Å². The highest BCUT2D eigenvalue weighted by molar-refractivity contribution is 5.97. The minimum absolute atomic E-state index is 0.0517. The zero-order valence-corrected chi connectivity index (χ0v) is 12.5. The normalized spacial score (nSPS) is 15.0. The Morgan fingerprint density at radius 2 is 2.00 bits per heavy atom. The Bertz CT molecular complexity index is 539. The number of carbonyl (C=O) groups is 2. The van der Waals surface area contributed by atoms with Crippen molar-refractivity contribution in [2.24, 2.45) is 0 Å². The van der Waals surface area contributed by atoms with E-state index in [1.54, 1.807) is 0 Å². The Morgan fingerprint density at radius 3 is 2.57 bits per heavy atom. The summed E-state index contributed by atoms with van der Waals surface area (Å²) >= 11 is 0. The maximum absolute atomic E-state index is 13.6. The largest absolute Gasteiger partial charge is 0.336 e. The van der Waals surface area contributed by atoms with E-state index in [1.165, 1.54) is 25.1 Å². The van der Waals surface area contributed by atoms with E-state index < -0.39 is 5.82 Å². The Labute approximate surface area is 124 Å². The Hall–Kier alpha value is -1.91. The molecule has 0 aromatic heterocycles. The van der Waals surface area contributed by atoms with Crippen molar-refractivity contribution in [1.29, 1.82) is 0 Å². The van der Waals surface area contributed by atoms with Crippen molar-refractivity contribution in [3.63, 3.8) is 0 Å². The minimum atomic E-state index is -0.536. The van der Waals surface area contributed by atoms with Crippen LogP contribution in [-0.2, 0) is 4.79 Å². The molecular weight excluding hydrogens is 271 g/mol. The first kappa shape index (κ1) is 15.5. The fourth-order valence-electron chi connectivity index (χ4n) is 2.89. The van der Waals surface area contributed by atoms with E-state index in [2.05, 4.69) is 5.32 Å². The van der Waals surface area contributed by atoms with Crippen LogP contribution < -0.4 is 5.32 Å². The van der Waals surface area contributed by atoms with Crippen LogP contribution in [0.5, 0.6) is 0 Å². The number of hydrogen-bond acceptors (Lipinski definition) is 2. The number of nitrogens with zero attached hydrogens (tertiary/aromatic N) is 1. The van der Waals surface area contributed by atoms with Crippen LogP contribution in [0.25, 0.3) is 0 Å². The molecule has 0 radical (unpaired) electrons. The highest BCUT2D eigenvalue weighted by Crippen LogP contribution is 2.25. The summed E-state index contributed by atoms with van der Waals surface area (Å²) in [5.74, 6) is -0.997. The molecule has 1 saturated carbocycles. The first-order valence-electron chi connectivity index (χ1n) is 7.41. The minimum Gasteiger partial charge on any atom is -0.336 e. The van der Waals surface area contributed by atoms with E-state index in [-0.39, 0.29) is 23.5 Å². The van der Waals surface area contributed by atoms with Crippen molar-refractivity contribution >= 4 is 17.5 Å². The number of anilines is 1. The maximum atomic E-state index is 13.6. The lowest BCUT2D eigenvalue weighted by atomic mass is 10.1. The van der Waals surface area contributed by atoms with Crippen molar-refractivity contribution in [3.8, 4) is 0 Å². The van der Waals surface area contributed by atoms with E-state index in [9.17, 15) is 14.0 Å². The predicted molar refractivity (Wildman–Crippen MR) is 79.7 cm³/mol. The highest BCUT2D eigenvalue weighted by Gasteiger charge is 2.26. The zero-order valence-electron chi connectivity index (χ0n) is 12.5. The summed E-state index contributed by atoms with van der Waals surface area (Å²) in [7, 11) is 0. The lowest BCUT2D eigenvalue weighted by molar-refractivity contribution is -0.114. The third kappa shape index (κ3) is 3.60. The van der Waals surface area contributed by atoms with Gasteiger partial charge in [0.05, 0.1) is 5.69 Å². The Balaban J connectivity index is 2.23. The maximum Gasteiger partial charge on any atom is 0.254 e. The van der Waals surface area contributed by atoms with Crippen molar-refractivity contribution < 1.29 is 14.0 Å². The van der Waals surface area contributed by atoms with Gasteiger partial charge in [0.25, 0.3) is 5.91 Å². The number of hydrogen-bond donors (Lipinski definition) is 1. The molecule has 2 rings (SSSR count). The summed E-state index contributed by atoms with van der Waals surface area (Å²) in [4.78, 5) is 25.5. The van der Waals surface area contributed by atoms with Gasteiger partial charge in [0.15, 0.2) is 0 Å². The fourth-order valence-corrected chi connectivity index (χ4v) is 2.89. The summed E-state index contributed by atoms with van der Waals surface area (Å²) in [6.45, 7) is 3.90. The molecule has 114 valence electrons. The van der Waals surface area contributed by atoms with Gasteiger partial charge in [-0.2, -0.15) is 0 Å². The zero-order chi connectivity index (χ0) is 15.4. The summed E-state index contributed by atoms with van der Waals surface area (Å²) in [6, 6.07) is 4.38. The molecule has 21 heavy (non-hydrogen) atoms. The number of rotatable bonds is 4. The Morgan fingerprint density at radius 1 is 1.33 bits per heavy atom. The predicted octanol–water partition coefficient (Wildman–Crippen LogP) is 3.19. The molecule has 0 heterocycles. The van der Waals surface area contributed by atoms with Crippen LogP contribution in [0.3, 0.4) is 0 Å². The van der Waals surface area contributed by atoms with E-state index in [0.717, 1.165) is 25.7 Å². The molecule has 2 amide bonds. The molecule has 0 atom stereocenters. The molecule has 1 aromatic carbocycles. The SMILES string of the molecule is CCN(C(=O)c1ccc(F)c(NC(C)=O)c1)C1CCCC1. The smallest absolute Gasteiger partial charge is 0.254 e. The standard InChI is InChI=1S/C16H21FN2O2/c1-3-19(13-6-4-5-7-13)16(21)12-8-9-14(17)15(10-12)18-11(2)20/h8-10,13H,3-7H2,1-2H3,(H,18,20). The van der Waals surface area contributed by atoms with Crippen LogP contribution in [0.4, 0.5) is 10.1 Å². The summed E-state index contributed by atoms with van der Waals surface area (Å²) in [5.41, 5.74) is 0.463. The van der Waals surface area contributed by atoms with Gasteiger partial charge in [-0.1, -0.05) is 12.8 Å². The van der Waals surface area contributed by atoms with Gasteiger partial charge in [0.2, 0.25) is 5.91 Å². The van der Waals surface area contributed by atoms with Crippen molar-refractivity contribution in [2.45, 2.75) is 45.6 Å². The van der Waals surface area contributed by atoms with Crippen LogP contribution in [0, 0.1) is 5.82 Å². The molecule has 0 aliphatic heterocycles. The van der Waals surface area contributed by atoms with Gasteiger partial charge in [0.1, 0.15) is 5.82 Å². The highest BCUT2D eigenvalue weighted by atomic mass is 19.1. The second-order valence-corrected chi connectivity index (χ2v) is 5.41. The second kappa shape index (κ2) is 6.70. The molecule has 1 aliphatic carbocycles. The molecule has 1 aromatic rings. The van der Waals surface area contributed by atoms with Gasteiger partial charge in [-0.25, -0.2) is 4.39 Å². The van der Waals surface area contributed by atoms with Crippen LogP contribution in [0.15, 0.2) is 18.2 Å². The van der Waals surface area contributed by atoms with E-state index in [0.29, 0.717) is 12.1 Å². The molecule has 0 unspecified atom stereocenters. The lowest BCUT2D eigenvalue weighted by Crippen LogP contribution is -2.38. The van der Waals surface area contributed by atoms with Gasteiger partial charge < -0.3 is 10.2 Å². The second-order valence-electron chi connectivity index (χ2n) is 5.41. The Kier molecular flexibility index (Phi) is 4.94. The molecule has 5 heteroatoms. The van der Waals surface area contributed by atoms with E-state index in [1.807, 2.05) is 11.8 Å². The lowest BCUT2D eigenvalue weighted by Gasteiger charge is -2.28. The number of amides is 2. The molecule has 0 spiro atoms. The van der Waals surface area contributed by atoms with Gasteiger partial charge in [-0.3, -0.25) is 9.59 Å². The van der Waals surface area contributed by atoms with Gasteiger partial charge in [-0.15, -0.1) is 0 Å². The summed E-state index contributed by atoms with van der Waals surface area (Å²) < 4.78 is 13.6. The van der Waals surface area contributed by atoms with Gasteiger partial charge in [-0.05, 0) is 38.0 Å². The fraction of sp³-hybridized carbons (Fsp3) is 0.500. The topological polar surface area (TPSA) is 49.4 Å². The van der Waals surface area contributed by atoms with Crippen LogP contribution in [-0.4, -0.2) is 29.3 Å². The molecule has 0 bridgehead atoms. The first-order valence-corrected chi connectivity index (χ1v) is 7.41. The number of benzene rings is 1. The van der Waals surface area contributed by atoms with Gasteiger partial charge >= 0.3 is 0 Å². The quantitative estimate of drug-likeness (QED) is 0.926. The molecule has 1 fully saturated rings.